The van der Waals surface area contributed by atoms with Gasteiger partial charge >= 0.3 is 0 Å². The van der Waals surface area contributed by atoms with E-state index in [-0.39, 0.29) is 5.91 Å². The number of rotatable bonds is 2. The fourth-order valence-corrected chi connectivity index (χ4v) is 3.43. The van der Waals surface area contributed by atoms with Crippen molar-refractivity contribution in [3.63, 3.8) is 0 Å². The van der Waals surface area contributed by atoms with E-state index >= 15 is 0 Å². The topological polar surface area (TPSA) is 42.4 Å². The van der Waals surface area contributed by atoms with Crippen molar-refractivity contribution < 1.29 is 9.53 Å². The number of amides is 1. The van der Waals surface area contributed by atoms with Crippen molar-refractivity contribution in [2.24, 2.45) is 5.92 Å². The van der Waals surface area contributed by atoms with E-state index in [0.717, 1.165) is 56.0 Å². The van der Waals surface area contributed by atoms with Crippen LogP contribution in [-0.4, -0.2) is 35.5 Å². The van der Waals surface area contributed by atoms with Crippen LogP contribution in [-0.2, 0) is 6.42 Å². The molecule has 2 aliphatic rings. The summed E-state index contributed by atoms with van der Waals surface area (Å²) in [6.45, 7) is 4.67. The molecule has 1 aromatic carbocycles. The van der Waals surface area contributed by atoms with Crippen LogP contribution in [0.1, 0.15) is 35.8 Å². The number of aromatic nitrogens is 1. The summed E-state index contributed by atoms with van der Waals surface area (Å²) < 4.78 is 5.56. The van der Waals surface area contributed by atoms with Crippen molar-refractivity contribution in [2.75, 3.05) is 19.7 Å². The SMILES string of the molecule is CC1CCN(C(=O)c2cccc(-c3ccc4c(c3)CCO4)n2)CC1. The van der Waals surface area contributed by atoms with E-state index < -0.39 is 0 Å². The molecule has 1 aromatic heterocycles. The Bertz CT molecular complexity index is 764. The Hall–Kier alpha value is -2.36. The minimum atomic E-state index is 0.0493. The van der Waals surface area contributed by atoms with Gasteiger partial charge in [0.05, 0.1) is 12.3 Å². The molecule has 2 aromatic rings. The lowest BCUT2D eigenvalue weighted by Gasteiger charge is -2.30. The van der Waals surface area contributed by atoms with Crippen molar-refractivity contribution in [1.82, 2.24) is 9.88 Å². The summed E-state index contributed by atoms with van der Waals surface area (Å²) in [4.78, 5) is 19.3. The highest BCUT2D eigenvalue weighted by Gasteiger charge is 2.22. The van der Waals surface area contributed by atoms with Gasteiger partial charge in [0.25, 0.3) is 5.91 Å². The first-order valence-corrected chi connectivity index (χ1v) is 8.73. The smallest absolute Gasteiger partial charge is 0.272 e. The van der Waals surface area contributed by atoms with E-state index in [1.807, 2.05) is 35.2 Å². The van der Waals surface area contributed by atoms with Crippen LogP contribution in [0.2, 0.25) is 0 Å². The van der Waals surface area contributed by atoms with Crippen LogP contribution in [0.4, 0.5) is 0 Å². The predicted octanol–water partition coefficient (Wildman–Crippen LogP) is 3.56. The Kier molecular flexibility index (Phi) is 3.97. The normalized spacial score (nSPS) is 17.5. The summed E-state index contributed by atoms with van der Waals surface area (Å²) in [5, 5.41) is 0. The highest BCUT2D eigenvalue weighted by Crippen LogP contribution is 2.30. The van der Waals surface area contributed by atoms with Gasteiger partial charge in [0, 0.05) is 25.1 Å². The van der Waals surface area contributed by atoms with Gasteiger partial charge in [0.15, 0.2) is 0 Å². The van der Waals surface area contributed by atoms with E-state index in [1.165, 1.54) is 5.56 Å². The number of benzene rings is 1. The average Bonchev–Trinajstić information content (AvgIpc) is 3.09. The molecule has 4 heteroatoms. The van der Waals surface area contributed by atoms with Gasteiger partial charge in [-0.25, -0.2) is 4.98 Å². The van der Waals surface area contributed by atoms with Gasteiger partial charge in [-0.3, -0.25) is 4.79 Å². The Morgan fingerprint density at radius 1 is 1.21 bits per heavy atom. The molecule has 0 unspecified atom stereocenters. The highest BCUT2D eigenvalue weighted by atomic mass is 16.5. The molecule has 124 valence electrons. The van der Waals surface area contributed by atoms with Crippen molar-refractivity contribution >= 4 is 5.91 Å². The number of carbonyl (C=O) groups excluding carboxylic acids is 1. The van der Waals surface area contributed by atoms with Gasteiger partial charge in [-0.15, -0.1) is 0 Å². The summed E-state index contributed by atoms with van der Waals surface area (Å²) in [5.74, 6) is 1.73. The molecule has 0 radical (unpaired) electrons. The van der Waals surface area contributed by atoms with Crippen molar-refractivity contribution in [3.05, 3.63) is 47.7 Å². The maximum Gasteiger partial charge on any atom is 0.272 e. The lowest BCUT2D eigenvalue weighted by atomic mass is 9.99. The van der Waals surface area contributed by atoms with Crippen LogP contribution in [0.25, 0.3) is 11.3 Å². The number of pyridine rings is 1. The predicted molar refractivity (Wildman–Crippen MR) is 93.2 cm³/mol. The van der Waals surface area contributed by atoms with Gasteiger partial charge in [0.1, 0.15) is 11.4 Å². The van der Waals surface area contributed by atoms with E-state index in [2.05, 4.69) is 18.0 Å². The Balaban J connectivity index is 1.58. The Morgan fingerprint density at radius 2 is 2.04 bits per heavy atom. The first-order chi connectivity index (χ1) is 11.7. The molecule has 0 aliphatic carbocycles. The third kappa shape index (κ3) is 2.88. The van der Waals surface area contributed by atoms with Gasteiger partial charge < -0.3 is 9.64 Å². The third-order valence-corrected chi connectivity index (χ3v) is 5.02. The zero-order valence-corrected chi connectivity index (χ0v) is 14.0. The maximum atomic E-state index is 12.7. The fourth-order valence-electron chi connectivity index (χ4n) is 3.43. The quantitative estimate of drug-likeness (QED) is 0.849. The molecule has 3 heterocycles. The number of fused-ring (bicyclic) bond motifs is 1. The molecule has 0 bridgehead atoms. The van der Waals surface area contributed by atoms with Gasteiger partial charge in [-0.05, 0) is 54.7 Å². The molecule has 0 N–H and O–H groups in total. The number of carbonyl (C=O) groups is 1. The minimum Gasteiger partial charge on any atom is -0.493 e. The molecule has 0 spiro atoms. The summed E-state index contributed by atoms with van der Waals surface area (Å²) in [6, 6.07) is 11.9. The van der Waals surface area contributed by atoms with Gasteiger partial charge in [0.2, 0.25) is 0 Å². The van der Waals surface area contributed by atoms with Crippen LogP contribution in [0.5, 0.6) is 5.75 Å². The van der Waals surface area contributed by atoms with Crippen LogP contribution in [0.15, 0.2) is 36.4 Å². The summed E-state index contributed by atoms with van der Waals surface area (Å²) >= 11 is 0. The number of ether oxygens (including phenoxy) is 1. The van der Waals surface area contributed by atoms with E-state index in [0.29, 0.717) is 11.6 Å². The number of nitrogens with zero attached hydrogens (tertiary/aromatic N) is 2. The zero-order valence-electron chi connectivity index (χ0n) is 14.0. The molecule has 0 atom stereocenters. The largest absolute Gasteiger partial charge is 0.493 e. The van der Waals surface area contributed by atoms with Gasteiger partial charge in [-0.1, -0.05) is 13.0 Å². The van der Waals surface area contributed by atoms with Crippen molar-refractivity contribution in [2.45, 2.75) is 26.2 Å². The molecule has 2 aliphatic heterocycles. The molecule has 4 nitrogen and oxygen atoms in total. The summed E-state index contributed by atoms with van der Waals surface area (Å²) in [6.07, 6.45) is 3.10. The second-order valence-corrected chi connectivity index (χ2v) is 6.80. The minimum absolute atomic E-state index is 0.0493. The monoisotopic (exact) mass is 322 g/mol. The number of hydrogen-bond donors (Lipinski definition) is 0. The van der Waals surface area contributed by atoms with E-state index in [4.69, 9.17) is 4.74 Å². The molecule has 1 saturated heterocycles. The Labute approximate surface area is 142 Å². The average molecular weight is 322 g/mol. The second-order valence-electron chi connectivity index (χ2n) is 6.80. The molecular weight excluding hydrogens is 300 g/mol. The second kappa shape index (κ2) is 6.27. The first-order valence-electron chi connectivity index (χ1n) is 8.73. The molecule has 4 rings (SSSR count). The zero-order chi connectivity index (χ0) is 16.5. The van der Waals surface area contributed by atoms with Crippen LogP contribution in [0.3, 0.4) is 0 Å². The number of piperidine rings is 1. The number of hydrogen-bond acceptors (Lipinski definition) is 3. The van der Waals surface area contributed by atoms with Crippen molar-refractivity contribution in [3.8, 4) is 17.0 Å². The van der Waals surface area contributed by atoms with Crippen LogP contribution in [0, 0.1) is 5.92 Å². The highest BCUT2D eigenvalue weighted by molar-refractivity contribution is 5.93. The fraction of sp³-hybridized carbons (Fsp3) is 0.400. The number of likely N-dealkylation sites (tertiary alicyclic amines) is 1. The molecule has 0 saturated carbocycles. The van der Waals surface area contributed by atoms with E-state index in [1.54, 1.807) is 0 Å². The van der Waals surface area contributed by atoms with Crippen LogP contribution >= 0.6 is 0 Å². The van der Waals surface area contributed by atoms with Crippen molar-refractivity contribution in [1.29, 1.82) is 0 Å². The molecular formula is C20H22N2O2. The lowest BCUT2D eigenvalue weighted by molar-refractivity contribution is 0.0691. The third-order valence-electron chi connectivity index (χ3n) is 5.02. The summed E-state index contributed by atoms with van der Waals surface area (Å²) in [7, 11) is 0. The van der Waals surface area contributed by atoms with E-state index in [9.17, 15) is 4.79 Å². The van der Waals surface area contributed by atoms with Crippen LogP contribution < -0.4 is 4.74 Å². The Morgan fingerprint density at radius 3 is 2.88 bits per heavy atom. The lowest BCUT2D eigenvalue weighted by Crippen LogP contribution is -2.38. The summed E-state index contributed by atoms with van der Waals surface area (Å²) in [5.41, 5.74) is 3.65. The van der Waals surface area contributed by atoms with Gasteiger partial charge in [-0.2, -0.15) is 0 Å². The molecule has 1 amide bonds. The standard InChI is InChI=1S/C20H22N2O2/c1-14-7-10-22(11-8-14)20(23)18-4-2-3-17(21-18)15-5-6-19-16(13-15)9-12-24-19/h2-6,13-14H,7-12H2,1H3. The molecule has 1 fully saturated rings. The molecule has 24 heavy (non-hydrogen) atoms. The maximum absolute atomic E-state index is 12.7. The first kappa shape index (κ1) is 15.2.